The lowest BCUT2D eigenvalue weighted by Crippen LogP contribution is -2.60. The van der Waals surface area contributed by atoms with Crippen molar-refractivity contribution in [3.05, 3.63) is 200 Å². The fraction of sp³-hybridized carbons (Fsp3) is 0. The van der Waals surface area contributed by atoms with Gasteiger partial charge in [-0.05, 0) is 75.0 Å². The number of nitrogens with zero attached hydrogens (tertiary/aromatic N) is 2. The number of benzene rings is 9. The monoisotopic (exact) mass is 736 g/mol. The summed E-state index contributed by atoms with van der Waals surface area (Å²) < 4.78 is 9.27. The quantitative estimate of drug-likeness (QED) is 0.168. The molecule has 11 aromatic rings. The zero-order chi connectivity index (χ0) is 37.9. The Bertz CT molecular complexity index is 3400. The predicted octanol–water partition coefficient (Wildman–Crippen LogP) is 12.3. The maximum Gasteiger partial charge on any atom is 0.252 e. The van der Waals surface area contributed by atoms with Crippen LogP contribution in [0.15, 0.2) is 205 Å². The number of furan rings is 1. The van der Waals surface area contributed by atoms with Gasteiger partial charge in [0.25, 0.3) is 6.71 Å². The van der Waals surface area contributed by atoms with E-state index in [4.69, 9.17) is 4.42 Å². The molecule has 268 valence electrons. The molecular formula is C54H33BN2O. The summed E-state index contributed by atoms with van der Waals surface area (Å²) in [6.07, 6.45) is 0. The predicted molar refractivity (Wildman–Crippen MR) is 244 cm³/mol. The minimum Gasteiger partial charge on any atom is -0.456 e. The topological polar surface area (TPSA) is 21.3 Å². The molecule has 0 radical (unpaired) electrons. The highest BCUT2D eigenvalue weighted by Gasteiger charge is 2.43. The van der Waals surface area contributed by atoms with Crippen molar-refractivity contribution in [1.29, 1.82) is 0 Å². The van der Waals surface area contributed by atoms with E-state index in [9.17, 15) is 0 Å². The number of fused-ring (bicyclic) bond motifs is 10. The first-order valence-corrected chi connectivity index (χ1v) is 20.1. The average molecular weight is 737 g/mol. The van der Waals surface area contributed by atoms with E-state index in [0.717, 1.165) is 33.3 Å². The van der Waals surface area contributed by atoms with Crippen LogP contribution in [-0.2, 0) is 0 Å². The first-order chi connectivity index (χ1) is 28.8. The highest BCUT2D eigenvalue weighted by atomic mass is 16.3. The van der Waals surface area contributed by atoms with E-state index in [1.165, 1.54) is 82.9 Å². The number of hydrogen-bond acceptors (Lipinski definition) is 2. The summed E-state index contributed by atoms with van der Waals surface area (Å²) in [4.78, 5) is 2.60. The Morgan fingerprint density at radius 2 is 0.983 bits per heavy atom. The molecule has 0 bridgehead atoms. The van der Waals surface area contributed by atoms with Crippen molar-refractivity contribution in [2.24, 2.45) is 0 Å². The van der Waals surface area contributed by atoms with Crippen LogP contribution in [0.5, 0.6) is 0 Å². The van der Waals surface area contributed by atoms with Crippen LogP contribution in [0.25, 0.3) is 82.8 Å². The number of aromatic nitrogens is 1. The molecule has 4 heteroatoms. The van der Waals surface area contributed by atoms with Gasteiger partial charge in [-0.1, -0.05) is 164 Å². The Morgan fingerprint density at radius 1 is 0.379 bits per heavy atom. The molecule has 0 aliphatic carbocycles. The van der Waals surface area contributed by atoms with Crippen molar-refractivity contribution in [1.82, 2.24) is 4.57 Å². The van der Waals surface area contributed by atoms with Crippen LogP contribution >= 0.6 is 0 Å². The molecule has 0 atom stereocenters. The SMILES string of the molecule is c1ccc(-c2cc3c4c(c2)-n2c5ccccc5c5cccc(c52)B4c2cc4oc5ccccc5c4cc2N3c2c(-c3ccccc3)cccc2-c2ccccc2)cc1. The normalized spacial score (nSPS) is 12.8. The largest absolute Gasteiger partial charge is 0.456 e. The van der Waals surface area contributed by atoms with Gasteiger partial charge in [-0.25, -0.2) is 0 Å². The van der Waals surface area contributed by atoms with Gasteiger partial charge in [-0.3, -0.25) is 0 Å². The Hall–Kier alpha value is -7.56. The van der Waals surface area contributed by atoms with Gasteiger partial charge in [0.1, 0.15) is 11.2 Å². The van der Waals surface area contributed by atoms with Crippen LogP contribution in [0, 0.1) is 0 Å². The fourth-order valence-corrected chi connectivity index (χ4v) is 10.1. The maximum atomic E-state index is 6.72. The molecule has 0 saturated carbocycles. The second-order valence-electron chi connectivity index (χ2n) is 15.6. The molecule has 2 aliphatic heterocycles. The highest BCUT2D eigenvalue weighted by molar-refractivity contribution is 7.00. The molecule has 3 nitrogen and oxygen atoms in total. The van der Waals surface area contributed by atoms with Crippen LogP contribution in [0.2, 0.25) is 0 Å². The van der Waals surface area contributed by atoms with E-state index in [-0.39, 0.29) is 6.71 Å². The number of hydrogen-bond donors (Lipinski definition) is 0. The molecule has 0 spiro atoms. The van der Waals surface area contributed by atoms with E-state index in [1.807, 2.05) is 0 Å². The van der Waals surface area contributed by atoms with Crippen LogP contribution in [0.1, 0.15) is 0 Å². The lowest BCUT2D eigenvalue weighted by atomic mass is 9.33. The van der Waals surface area contributed by atoms with Gasteiger partial charge in [0.2, 0.25) is 0 Å². The van der Waals surface area contributed by atoms with E-state index in [0.29, 0.717) is 0 Å². The number of anilines is 3. The van der Waals surface area contributed by atoms with Gasteiger partial charge in [0, 0.05) is 55.3 Å². The van der Waals surface area contributed by atoms with E-state index in [1.54, 1.807) is 0 Å². The lowest BCUT2D eigenvalue weighted by molar-refractivity contribution is 0.669. The fourth-order valence-electron chi connectivity index (χ4n) is 10.1. The molecule has 0 amide bonds. The second kappa shape index (κ2) is 12.0. The molecule has 13 rings (SSSR count). The molecule has 58 heavy (non-hydrogen) atoms. The average Bonchev–Trinajstić information content (AvgIpc) is 3.83. The third-order valence-corrected chi connectivity index (χ3v) is 12.6. The van der Waals surface area contributed by atoms with E-state index < -0.39 is 0 Å². The number of para-hydroxylation sites is 4. The van der Waals surface area contributed by atoms with Gasteiger partial charge in [0.15, 0.2) is 0 Å². The first kappa shape index (κ1) is 31.6. The maximum absolute atomic E-state index is 6.72. The Morgan fingerprint density at radius 3 is 1.72 bits per heavy atom. The summed E-state index contributed by atoms with van der Waals surface area (Å²) in [7, 11) is 0. The van der Waals surface area contributed by atoms with Crippen molar-refractivity contribution >= 4 is 83.9 Å². The first-order valence-electron chi connectivity index (χ1n) is 20.1. The zero-order valence-corrected chi connectivity index (χ0v) is 31.4. The van der Waals surface area contributed by atoms with Crippen molar-refractivity contribution < 1.29 is 4.42 Å². The Kier molecular flexibility index (Phi) is 6.53. The van der Waals surface area contributed by atoms with Gasteiger partial charge in [-0.2, -0.15) is 0 Å². The van der Waals surface area contributed by atoms with Gasteiger partial charge in [0.05, 0.1) is 11.2 Å². The van der Waals surface area contributed by atoms with Crippen LogP contribution in [0.3, 0.4) is 0 Å². The van der Waals surface area contributed by atoms with Crippen molar-refractivity contribution in [3.63, 3.8) is 0 Å². The van der Waals surface area contributed by atoms with Crippen LogP contribution < -0.4 is 21.3 Å². The van der Waals surface area contributed by atoms with Gasteiger partial charge in [-0.15, -0.1) is 0 Å². The summed E-state index contributed by atoms with van der Waals surface area (Å²) in [6.45, 7) is -0.0386. The molecule has 2 aliphatic rings. The van der Waals surface area contributed by atoms with Crippen molar-refractivity contribution in [2.75, 3.05) is 4.90 Å². The molecule has 0 saturated heterocycles. The molecule has 2 aromatic heterocycles. The molecule has 4 heterocycles. The summed E-state index contributed by atoms with van der Waals surface area (Å²) in [5.41, 5.74) is 19.9. The highest BCUT2D eigenvalue weighted by Crippen LogP contribution is 2.50. The van der Waals surface area contributed by atoms with Crippen LogP contribution in [0.4, 0.5) is 17.1 Å². The van der Waals surface area contributed by atoms with Gasteiger partial charge >= 0.3 is 0 Å². The van der Waals surface area contributed by atoms with Gasteiger partial charge < -0.3 is 13.9 Å². The Labute approximate surface area is 335 Å². The van der Waals surface area contributed by atoms with Crippen molar-refractivity contribution in [3.8, 4) is 39.1 Å². The third kappa shape index (κ3) is 4.34. The summed E-state index contributed by atoms with van der Waals surface area (Å²) in [6, 6.07) is 73.3. The third-order valence-electron chi connectivity index (χ3n) is 12.6. The van der Waals surface area contributed by atoms with E-state index in [2.05, 4.69) is 210 Å². The molecule has 0 unspecified atom stereocenters. The second-order valence-corrected chi connectivity index (χ2v) is 15.6. The summed E-state index contributed by atoms with van der Waals surface area (Å²) in [5, 5.41) is 4.78. The molecule has 0 N–H and O–H groups in total. The summed E-state index contributed by atoms with van der Waals surface area (Å²) >= 11 is 0. The van der Waals surface area contributed by atoms with Crippen molar-refractivity contribution in [2.45, 2.75) is 0 Å². The summed E-state index contributed by atoms with van der Waals surface area (Å²) in [5.74, 6) is 0. The molecular weight excluding hydrogens is 703 g/mol. The minimum atomic E-state index is -0.0386. The molecule has 9 aromatic carbocycles. The Balaban J connectivity index is 1.25. The smallest absolute Gasteiger partial charge is 0.252 e. The van der Waals surface area contributed by atoms with Crippen LogP contribution in [-0.4, -0.2) is 11.3 Å². The van der Waals surface area contributed by atoms with E-state index >= 15 is 0 Å². The number of rotatable bonds is 4. The minimum absolute atomic E-state index is 0.0386. The zero-order valence-electron chi connectivity index (χ0n) is 31.4. The lowest BCUT2D eigenvalue weighted by Gasteiger charge is -2.42. The standard InChI is InChI=1S/C54H33BN2O/c1-4-16-34(17-5-1)37-30-48-52-49(31-37)57(53-38(35-18-6-2-7-19-35)24-14-25-39(53)36-20-8-3-9-21-36)47-32-43-41-23-11-13-29-50(41)58-51(43)33-45(47)55(52)44-27-15-26-42-40-22-10-12-28-46(40)56(48)54(42)44/h1-33H. The molecule has 0 fully saturated rings.